The van der Waals surface area contributed by atoms with Crippen molar-refractivity contribution in [3.63, 3.8) is 0 Å². The number of hydrogen-bond donors (Lipinski definition) is 1. The molecule has 2 atom stereocenters. The molecule has 7 nitrogen and oxygen atoms in total. The molecule has 0 aliphatic heterocycles. The summed E-state index contributed by atoms with van der Waals surface area (Å²) in [5.74, 6) is -0.779. The number of carbonyl (C=O) groups excluding carboxylic acids is 2. The zero-order valence-corrected chi connectivity index (χ0v) is 25.4. The maximum Gasteiger partial charge on any atom is 0.264 e. The molecule has 9 heteroatoms. The quantitative estimate of drug-likeness (QED) is 0.305. The van der Waals surface area contributed by atoms with Crippen molar-refractivity contribution in [2.45, 2.75) is 64.6 Å². The van der Waals surface area contributed by atoms with Crippen molar-refractivity contribution in [3.8, 4) is 0 Å². The number of aryl methyl sites for hydroxylation is 1. The Bertz CT molecular complexity index is 1410. The average molecular weight is 615 g/mol. The molecule has 3 rings (SSSR count). The van der Waals surface area contributed by atoms with Gasteiger partial charge >= 0.3 is 0 Å². The smallest absolute Gasteiger partial charge is 0.264 e. The monoisotopic (exact) mass is 613 g/mol. The van der Waals surface area contributed by atoms with E-state index < -0.39 is 28.5 Å². The van der Waals surface area contributed by atoms with Gasteiger partial charge in [0.05, 0.1) is 10.6 Å². The van der Waals surface area contributed by atoms with Gasteiger partial charge < -0.3 is 10.2 Å². The number of rotatable bonds is 11. The number of anilines is 1. The highest BCUT2D eigenvalue weighted by Gasteiger charge is 2.33. The van der Waals surface area contributed by atoms with E-state index in [0.29, 0.717) is 5.69 Å². The molecule has 0 aliphatic carbocycles. The molecule has 2 amide bonds. The number of benzene rings is 3. The van der Waals surface area contributed by atoms with Gasteiger partial charge in [0, 0.05) is 17.1 Å². The molecule has 39 heavy (non-hydrogen) atoms. The third-order valence-corrected chi connectivity index (χ3v) is 9.13. The Morgan fingerprint density at radius 2 is 1.62 bits per heavy atom. The fourth-order valence-corrected chi connectivity index (χ4v) is 6.06. The van der Waals surface area contributed by atoms with Crippen LogP contribution >= 0.6 is 15.9 Å². The third kappa shape index (κ3) is 7.48. The van der Waals surface area contributed by atoms with Gasteiger partial charge in [-0.3, -0.25) is 13.9 Å². The summed E-state index contributed by atoms with van der Waals surface area (Å²) in [4.78, 5) is 28.7. The van der Waals surface area contributed by atoms with Crippen LogP contribution in [0.4, 0.5) is 5.69 Å². The normalized spacial score (nSPS) is 12.9. The molecule has 0 saturated heterocycles. The molecule has 0 fully saturated rings. The lowest BCUT2D eigenvalue weighted by atomic mass is 10.1. The van der Waals surface area contributed by atoms with E-state index in [-0.39, 0.29) is 23.4 Å². The van der Waals surface area contributed by atoms with Crippen LogP contribution in [0.5, 0.6) is 0 Å². The Morgan fingerprint density at radius 1 is 0.949 bits per heavy atom. The van der Waals surface area contributed by atoms with Crippen molar-refractivity contribution < 1.29 is 18.0 Å². The first-order valence-electron chi connectivity index (χ1n) is 12.9. The standard InChI is InChI=1S/C30H36BrN3O4S/c1-6-22(3)32-30(36)24(5)33(19-25-13-11-14-26(31)18-25)29(35)20-34(28-17-10-12-21(2)23(28)4)39(37,38)27-15-8-7-9-16-27/h7-18,22,24H,6,19-20H2,1-5H3,(H,32,36)/t22-,24+/m1/s1. The molecule has 3 aromatic rings. The minimum atomic E-state index is -4.09. The van der Waals surface area contributed by atoms with Crippen molar-refractivity contribution in [3.05, 3.63) is 94.0 Å². The van der Waals surface area contributed by atoms with Crippen LogP contribution in [0.1, 0.15) is 43.9 Å². The number of halogens is 1. The number of hydrogen-bond acceptors (Lipinski definition) is 4. The molecule has 0 unspecified atom stereocenters. The van der Waals surface area contributed by atoms with E-state index in [4.69, 9.17) is 0 Å². The zero-order valence-electron chi connectivity index (χ0n) is 23.0. The highest BCUT2D eigenvalue weighted by molar-refractivity contribution is 9.10. The highest BCUT2D eigenvalue weighted by Crippen LogP contribution is 2.29. The van der Waals surface area contributed by atoms with Crippen LogP contribution in [0.15, 0.2) is 82.2 Å². The first-order chi connectivity index (χ1) is 18.4. The second-order valence-corrected chi connectivity index (χ2v) is 12.5. The van der Waals surface area contributed by atoms with Crippen LogP contribution in [0.2, 0.25) is 0 Å². The average Bonchev–Trinajstić information content (AvgIpc) is 2.92. The summed E-state index contributed by atoms with van der Waals surface area (Å²) in [6.07, 6.45) is 0.744. The fraction of sp³-hybridized carbons (Fsp3) is 0.333. The maximum atomic E-state index is 14.0. The molecule has 0 bridgehead atoms. The third-order valence-electron chi connectivity index (χ3n) is 6.87. The summed E-state index contributed by atoms with van der Waals surface area (Å²) in [6, 6.07) is 20.0. The Labute approximate surface area is 240 Å². The Morgan fingerprint density at radius 3 is 2.26 bits per heavy atom. The molecule has 0 heterocycles. The van der Waals surface area contributed by atoms with Gasteiger partial charge in [-0.05, 0) is 81.1 Å². The second kappa shape index (κ2) is 13.3. The fourth-order valence-electron chi connectivity index (χ4n) is 4.12. The summed E-state index contributed by atoms with van der Waals surface area (Å²) >= 11 is 3.46. The van der Waals surface area contributed by atoms with Crippen molar-refractivity contribution in [2.24, 2.45) is 0 Å². The predicted molar refractivity (Wildman–Crippen MR) is 159 cm³/mol. The van der Waals surface area contributed by atoms with Crippen LogP contribution in [-0.2, 0) is 26.2 Å². The Balaban J connectivity index is 2.06. The number of sulfonamides is 1. The van der Waals surface area contributed by atoms with Gasteiger partial charge in [-0.15, -0.1) is 0 Å². The van der Waals surface area contributed by atoms with E-state index in [0.717, 1.165) is 31.9 Å². The van der Waals surface area contributed by atoms with E-state index in [1.807, 2.05) is 58.0 Å². The summed E-state index contributed by atoms with van der Waals surface area (Å²) in [5, 5.41) is 2.95. The number of nitrogens with one attached hydrogen (secondary N) is 1. The van der Waals surface area contributed by atoms with Gasteiger partial charge in [0.15, 0.2) is 0 Å². The summed E-state index contributed by atoms with van der Waals surface area (Å²) < 4.78 is 29.8. The lowest BCUT2D eigenvalue weighted by molar-refractivity contribution is -0.139. The Kier molecular flexibility index (Phi) is 10.3. The van der Waals surface area contributed by atoms with E-state index in [1.165, 1.54) is 17.0 Å². The van der Waals surface area contributed by atoms with Crippen molar-refractivity contribution in [1.29, 1.82) is 0 Å². The summed E-state index contributed by atoms with van der Waals surface area (Å²) in [5.41, 5.74) is 2.89. The topological polar surface area (TPSA) is 86.8 Å². The molecule has 0 aromatic heterocycles. The largest absolute Gasteiger partial charge is 0.352 e. The van der Waals surface area contributed by atoms with Crippen LogP contribution in [0, 0.1) is 13.8 Å². The zero-order chi connectivity index (χ0) is 28.7. The second-order valence-electron chi connectivity index (χ2n) is 9.69. The molecule has 1 N–H and O–H groups in total. The van der Waals surface area contributed by atoms with Crippen molar-refractivity contribution in [1.82, 2.24) is 10.2 Å². The van der Waals surface area contributed by atoms with Gasteiger partial charge in [-0.25, -0.2) is 8.42 Å². The van der Waals surface area contributed by atoms with E-state index in [1.54, 1.807) is 37.3 Å². The van der Waals surface area contributed by atoms with Gasteiger partial charge in [0.2, 0.25) is 11.8 Å². The van der Waals surface area contributed by atoms with Gasteiger partial charge in [0.1, 0.15) is 12.6 Å². The summed E-state index contributed by atoms with van der Waals surface area (Å²) in [7, 11) is -4.09. The van der Waals surface area contributed by atoms with Crippen LogP contribution < -0.4 is 9.62 Å². The molecule has 0 radical (unpaired) electrons. The number of carbonyl (C=O) groups is 2. The molecule has 0 aliphatic rings. The molecular weight excluding hydrogens is 578 g/mol. The van der Waals surface area contributed by atoms with Gasteiger partial charge in [-0.1, -0.05) is 65.3 Å². The van der Waals surface area contributed by atoms with Gasteiger partial charge in [0.25, 0.3) is 10.0 Å². The number of nitrogens with zero attached hydrogens (tertiary/aromatic N) is 2. The highest BCUT2D eigenvalue weighted by atomic mass is 79.9. The SMILES string of the molecule is CC[C@@H](C)NC(=O)[C@H](C)N(Cc1cccc(Br)c1)C(=O)CN(c1cccc(C)c1C)S(=O)(=O)c1ccccc1. The van der Waals surface area contributed by atoms with Crippen molar-refractivity contribution in [2.75, 3.05) is 10.8 Å². The van der Waals surface area contributed by atoms with E-state index in [2.05, 4.69) is 21.2 Å². The summed E-state index contributed by atoms with van der Waals surface area (Å²) in [6.45, 7) is 8.95. The van der Waals surface area contributed by atoms with E-state index in [9.17, 15) is 18.0 Å². The molecular formula is C30H36BrN3O4S. The number of amides is 2. The van der Waals surface area contributed by atoms with Crippen LogP contribution in [0.25, 0.3) is 0 Å². The van der Waals surface area contributed by atoms with Crippen molar-refractivity contribution >= 4 is 43.5 Å². The molecule has 0 saturated carbocycles. The van der Waals surface area contributed by atoms with Gasteiger partial charge in [-0.2, -0.15) is 0 Å². The first-order valence-corrected chi connectivity index (χ1v) is 15.2. The van der Waals surface area contributed by atoms with Crippen LogP contribution in [-0.4, -0.2) is 43.8 Å². The predicted octanol–water partition coefficient (Wildman–Crippen LogP) is 5.59. The van der Waals surface area contributed by atoms with Crippen LogP contribution in [0.3, 0.4) is 0 Å². The van der Waals surface area contributed by atoms with E-state index >= 15 is 0 Å². The first kappa shape index (κ1) is 30.4. The lowest BCUT2D eigenvalue weighted by Gasteiger charge is -2.33. The lowest BCUT2D eigenvalue weighted by Crippen LogP contribution is -2.52. The molecule has 0 spiro atoms. The Hall–Kier alpha value is -3.17. The molecule has 208 valence electrons. The maximum absolute atomic E-state index is 14.0. The minimum Gasteiger partial charge on any atom is -0.352 e. The minimum absolute atomic E-state index is 0.0623. The molecule has 3 aromatic carbocycles.